The highest BCUT2D eigenvalue weighted by Crippen LogP contribution is 2.26. The maximum Gasteiger partial charge on any atom is 0.191 e. The van der Waals surface area contributed by atoms with E-state index >= 15 is 0 Å². The quantitative estimate of drug-likeness (QED) is 0.790. The van der Waals surface area contributed by atoms with Crippen LogP contribution < -0.4 is 4.74 Å². The zero-order valence-corrected chi connectivity index (χ0v) is 10.8. The molecule has 2 aromatic rings. The van der Waals surface area contributed by atoms with E-state index in [1.807, 2.05) is 12.1 Å². The Kier molecular flexibility index (Phi) is 3.07. The molecule has 2 heterocycles. The van der Waals surface area contributed by atoms with Crippen molar-refractivity contribution < 1.29 is 13.9 Å². The Bertz CT molecular complexity index is 616. The van der Waals surface area contributed by atoms with Crippen LogP contribution in [0.4, 0.5) is 0 Å². The highest BCUT2D eigenvalue weighted by Gasteiger charge is 2.14. The van der Waals surface area contributed by atoms with Crippen molar-refractivity contribution in [2.24, 2.45) is 0 Å². The molecule has 0 fully saturated rings. The van der Waals surface area contributed by atoms with Gasteiger partial charge in [-0.15, -0.1) is 0 Å². The zero-order valence-electron chi connectivity index (χ0n) is 10.8. The number of carbonyl (C=O) groups is 1. The lowest BCUT2D eigenvalue weighted by Gasteiger charge is -2.03. The van der Waals surface area contributed by atoms with Crippen molar-refractivity contribution in [3.63, 3.8) is 0 Å². The van der Waals surface area contributed by atoms with Crippen LogP contribution in [0, 0.1) is 6.92 Å². The summed E-state index contributed by atoms with van der Waals surface area (Å²) < 4.78 is 10.5. The molecule has 0 saturated heterocycles. The van der Waals surface area contributed by atoms with Crippen LogP contribution in [0.15, 0.2) is 28.9 Å². The smallest absolute Gasteiger partial charge is 0.191 e. The Morgan fingerprint density at radius 1 is 1.42 bits per heavy atom. The number of aromatic nitrogens is 1. The molecule has 0 saturated carbocycles. The molecule has 0 unspecified atom stereocenters. The molecule has 0 N–H and O–H groups in total. The molecular weight excluding hydrogens is 242 g/mol. The van der Waals surface area contributed by atoms with Gasteiger partial charge in [-0.25, -0.2) is 4.98 Å². The lowest BCUT2D eigenvalue weighted by atomic mass is 10.0. The van der Waals surface area contributed by atoms with E-state index in [4.69, 9.17) is 9.15 Å². The summed E-state index contributed by atoms with van der Waals surface area (Å²) in [5.74, 6) is 1.52. The number of oxazole rings is 1. The van der Waals surface area contributed by atoms with Gasteiger partial charge < -0.3 is 9.15 Å². The van der Waals surface area contributed by atoms with E-state index in [9.17, 15) is 4.79 Å². The topological polar surface area (TPSA) is 52.3 Å². The average molecular weight is 257 g/mol. The van der Waals surface area contributed by atoms with Crippen LogP contribution in [0.2, 0.25) is 0 Å². The number of hydrogen-bond donors (Lipinski definition) is 0. The number of ketones is 1. The first-order chi connectivity index (χ1) is 9.22. The van der Waals surface area contributed by atoms with Gasteiger partial charge >= 0.3 is 0 Å². The Morgan fingerprint density at radius 2 is 2.32 bits per heavy atom. The normalized spacial score (nSPS) is 13.1. The van der Waals surface area contributed by atoms with Gasteiger partial charge in [-0.3, -0.25) is 4.79 Å². The van der Waals surface area contributed by atoms with Gasteiger partial charge in [0.2, 0.25) is 0 Å². The number of carbonyl (C=O) groups excluding carboxylic acids is 1. The number of aryl methyl sites for hydroxylation is 2. The lowest BCUT2D eigenvalue weighted by Crippen LogP contribution is -2.02. The Balaban J connectivity index is 1.64. The zero-order chi connectivity index (χ0) is 13.2. The molecule has 1 aliphatic rings. The van der Waals surface area contributed by atoms with Crippen molar-refractivity contribution in [1.29, 1.82) is 0 Å². The van der Waals surface area contributed by atoms with E-state index in [1.165, 1.54) is 11.8 Å². The number of nitrogens with zero attached hydrogens (tertiary/aromatic N) is 1. The fraction of sp³-hybridized carbons (Fsp3) is 0.333. The lowest BCUT2D eigenvalue weighted by molar-refractivity contribution is 0.0978. The first-order valence-electron chi connectivity index (χ1n) is 6.42. The first kappa shape index (κ1) is 12.0. The van der Waals surface area contributed by atoms with Crippen LogP contribution in [0.5, 0.6) is 5.75 Å². The molecule has 1 aromatic carbocycles. The van der Waals surface area contributed by atoms with Gasteiger partial charge in [0.15, 0.2) is 11.7 Å². The van der Waals surface area contributed by atoms with Crippen molar-refractivity contribution in [2.45, 2.75) is 26.2 Å². The molecule has 98 valence electrons. The third-order valence-corrected chi connectivity index (χ3v) is 3.30. The van der Waals surface area contributed by atoms with Crippen molar-refractivity contribution in [1.82, 2.24) is 4.98 Å². The second-order valence-electron chi connectivity index (χ2n) is 4.72. The van der Waals surface area contributed by atoms with Crippen molar-refractivity contribution in [3.8, 4) is 5.75 Å². The largest absolute Gasteiger partial charge is 0.493 e. The minimum Gasteiger partial charge on any atom is -0.493 e. The van der Waals surface area contributed by atoms with Crippen LogP contribution in [0.1, 0.15) is 33.9 Å². The molecule has 0 amide bonds. The summed E-state index contributed by atoms with van der Waals surface area (Å²) in [4.78, 5) is 16.0. The second-order valence-corrected chi connectivity index (χ2v) is 4.72. The minimum absolute atomic E-state index is 0.0219. The highest BCUT2D eigenvalue weighted by atomic mass is 16.5. The van der Waals surface area contributed by atoms with Crippen LogP contribution in [-0.2, 0) is 12.8 Å². The van der Waals surface area contributed by atoms with Crippen LogP contribution in [0.25, 0.3) is 0 Å². The fourth-order valence-corrected chi connectivity index (χ4v) is 2.27. The van der Waals surface area contributed by atoms with E-state index in [1.54, 1.807) is 6.92 Å². The Labute approximate surface area is 111 Å². The van der Waals surface area contributed by atoms with Crippen LogP contribution in [0.3, 0.4) is 0 Å². The molecule has 4 heteroatoms. The Hall–Kier alpha value is -2.10. The predicted molar refractivity (Wildman–Crippen MR) is 69.5 cm³/mol. The van der Waals surface area contributed by atoms with Crippen molar-refractivity contribution >= 4 is 5.78 Å². The van der Waals surface area contributed by atoms with Crippen LogP contribution in [-0.4, -0.2) is 17.4 Å². The van der Waals surface area contributed by atoms with E-state index < -0.39 is 0 Å². The maximum absolute atomic E-state index is 11.9. The van der Waals surface area contributed by atoms with Gasteiger partial charge in [-0.1, -0.05) is 12.1 Å². The molecule has 0 spiro atoms. The van der Waals surface area contributed by atoms with Gasteiger partial charge in [0.05, 0.1) is 6.61 Å². The number of rotatable bonds is 4. The molecule has 4 nitrogen and oxygen atoms in total. The standard InChI is InChI=1S/C15H15NO3/c1-10-16-13(9-19-10)14(17)4-2-11-3-5-15-12(8-11)6-7-18-15/h3,5,8-9H,2,4,6-7H2,1H3. The SMILES string of the molecule is Cc1nc(C(=O)CCc2ccc3c(c2)CCO3)co1. The number of benzene rings is 1. The van der Waals surface area contributed by atoms with Crippen molar-refractivity contribution in [2.75, 3.05) is 6.61 Å². The number of ether oxygens (including phenoxy) is 1. The number of hydrogen-bond acceptors (Lipinski definition) is 4. The summed E-state index contributed by atoms with van der Waals surface area (Å²) in [5, 5.41) is 0. The van der Waals surface area contributed by atoms with E-state index in [-0.39, 0.29) is 5.78 Å². The van der Waals surface area contributed by atoms with Gasteiger partial charge in [0.25, 0.3) is 0 Å². The van der Waals surface area contributed by atoms with Crippen molar-refractivity contribution in [3.05, 3.63) is 47.2 Å². The molecule has 0 bridgehead atoms. The molecular formula is C15H15NO3. The summed E-state index contributed by atoms with van der Waals surface area (Å²) in [7, 11) is 0. The summed E-state index contributed by atoms with van der Waals surface area (Å²) in [6, 6.07) is 6.14. The molecule has 19 heavy (non-hydrogen) atoms. The van der Waals surface area contributed by atoms with Crippen LogP contribution >= 0.6 is 0 Å². The first-order valence-corrected chi connectivity index (χ1v) is 6.42. The highest BCUT2D eigenvalue weighted by molar-refractivity contribution is 5.94. The summed E-state index contributed by atoms with van der Waals surface area (Å²) in [6.45, 7) is 2.49. The van der Waals surface area contributed by atoms with Gasteiger partial charge in [-0.05, 0) is 23.6 Å². The predicted octanol–water partition coefficient (Wildman–Crippen LogP) is 2.73. The van der Waals surface area contributed by atoms with E-state index in [0.29, 0.717) is 18.0 Å². The second kappa shape index (κ2) is 4.88. The number of Topliss-reactive ketones (excluding diaryl/α,β-unsaturated/α-hetero) is 1. The monoisotopic (exact) mass is 257 g/mol. The molecule has 3 rings (SSSR count). The molecule has 0 aliphatic carbocycles. The van der Waals surface area contributed by atoms with Gasteiger partial charge in [0.1, 0.15) is 17.7 Å². The molecule has 0 radical (unpaired) electrons. The summed E-state index contributed by atoms with van der Waals surface area (Å²) in [6.07, 6.45) is 3.55. The molecule has 1 aromatic heterocycles. The third kappa shape index (κ3) is 2.52. The van der Waals surface area contributed by atoms with E-state index in [2.05, 4.69) is 11.1 Å². The average Bonchev–Trinajstić information content (AvgIpc) is 3.03. The van der Waals surface area contributed by atoms with E-state index in [0.717, 1.165) is 30.8 Å². The number of fused-ring (bicyclic) bond motifs is 1. The summed E-state index contributed by atoms with van der Waals surface area (Å²) in [5.41, 5.74) is 2.82. The molecule has 1 aliphatic heterocycles. The fourth-order valence-electron chi connectivity index (χ4n) is 2.27. The van der Waals surface area contributed by atoms with Gasteiger partial charge in [-0.2, -0.15) is 0 Å². The maximum atomic E-state index is 11.9. The van der Waals surface area contributed by atoms with Gasteiger partial charge in [0, 0.05) is 19.8 Å². The molecule has 0 atom stereocenters. The summed E-state index contributed by atoms with van der Waals surface area (Å²) >= 11 is 0. The minimum atomic E-state index is 0.0219. The Morgan fingerprint density at radius 3 is 3.11 bits per heavy atom. The third-order valence-electron chi connectivity index (χ3n) is 3.30.